The quantitative estimate of drug-likeness (QED) is 0.754. The second-order valence-corrected chi connectivity index (χ2v) is 6.60. The minimum Gasteiger partial charge on any atom is -0.481 e. The first-order valence-electron chi connectivity index (χ1n) is 8.41. The van der Waals surface area contributed by atoms with Crippen LogP contribution in [0.25, 0.3) is 11.0 Å². The lowest BCUT2D eigenvalue weighted by Crippen LogP contribution is -2.29. The van der Waals surface area contributed by atoms with Gasteiger partial charge in [-0.05, 0) is 42.8 Å². The van der Waals surface area contributed by atoms with Crippen molar-refractivity contribution in [2.45, 2.75) is 12.8 Å². The average molecular weight is 350 g/mol. The number of carbonyl (C=O) groups is 2. The largest absolute Gasteiger partial charge is 0.481 e. The van der Waals surface area contributed by atoms with Crippen molar-refractivity contribution in [1.29, 1.82) is 0 Å². The molecule has 4 rings (SSSR count). The number of aromatic amines is 1. The number of H-pyrrole nitrogens is 1. The van der Waals surface area contributed by atoms with Crippen LogP contribution in [0, 0.1) is 12.8 Å². The van der Waals surface area contributed by atoms with Gasteiger partial charge in [-0.25, -0.2) is 4.98 Å². The van der Waals surface area contributed by atoms with Gasteiger partial charge in [-0.2, -0.15) is 0 Å². The molecule has 1 aliphatic heterocycles. The maximum atomic E-state index is 12.9. The third-order valence-electron chi connectivity index (χ3n) is 4.91. The normalized spacial score (nSPS) is 19.8. The standard InChI is InChI=1S/C19H18N4O3/c1-11-21-16-3-2-13(8-17(16)22-11)18(24)23-9-14(15(10-23)19(25)26)12-4-6-20-7-5-12/h2-8,14-15H,9-10H2,1H3,(H,21,22)(H,25,26)/t14-,15+/m1/s1. The van der Waals surface area contributed by atoms with Gasteiger partial charge in [0.05, 0.1) is 17.0 Å². The Labute approximate surface area is 149 Å². The highest BCUT2D eigenvalue weighted by molar-refractivity contribution is 5.98. The predicted molar refractivity (Wildman–Crippen MR) is 94.8 cm³/mol. The summed E-state index contributed by atoms with van der Waals surface area (Å²) >= 11 is 0. The Bertz CT molecular complexity index is 983. The molecule has 1 aromatic carbocycles. The zero-order chi connectivity index (χ0) is 18.3. The molecule has 2 N–H and O–H groups in total. The number of hydrogen-bond donors (Lipinski definition) is 2. The predicted octanol–water partition coefficient (Wildman–Crippen LogP) is 2.21. The van der Waals surface area contributed by atoms with Gasteiger partial charge in [0.25, 0.3) is 5.91 Å². The summed E-state index contributed by atoms with van der Waals surface area (Å²) in [7, 11) is 0. The molecule has 132 valence electrons. The Hall–Kier alpha value is -3.22. The van der Waals surface area contributed by atoms with Crippen molar-refractivity contribution >= 4 is 22.9 Å². The minimum absolute atomic E-state index is 0.165. The number of aromatic nitrogens is 3. The van der Waals surface area contributed by atoms with Crippen LogP contribution >= 0.6 is 0 Å². The Morgan fingerprint density at radius 2 is 1.96 bits per heavy atom. The van der Waals surface area contributed by atoms with E-state index in [4.69, 9.17) is 0 Å². The van der Waals surface area contributed by atoms with Crippen molar-refractivity contribution in [2.75, 3.05) is 13.1 Å². The molecular formula is C19H18N4O3. The molecule has 7 nitrogen and oxygen atoms in total. The van der Waals surface area contributed by atoms with Gasteiger partial charge in [0.2, 0.25) is 0 Å². The van der Waals surface area contributed by atoms with E-state index in [1.54, 1.807) is 35.5 Å². The molecule has 26 heavy (non-hydrogen) atoms. The van der Waals surface area contributed by atoms with Crippen LogP contribution in [0.1, 0.15) is 27.7 Å². The maximum absolute atomic E-state index is 12.9. The molecule has 1 aliphatic rings. The lowest BCUT2D eigenvalue weighted by atomic mass is 9.90. The number of benzene rings is 1. The summed E-state index contributed by atoms with van der Waals surface area (Å²) in [6, 6.07) is 8.94. The van der Waals surface area contributed by atoms with E-state index in [0.29, 0.717) is 12.1 Å². The molecule has 0 unspecified atom stereocenters. The number of carboxylic acid groups (broad SMARTS) is 1. The Kier molecular flexibility index (Phi) is 3.91. The van der Waals surface area contributed by atoms with Crippen LogP contribution in [-0.2, 0) is 4.79 Å². The van der Waals surface area contributed by atoms with Gasteiger partial charge < -0.3 is 15.0 Å². The number of imidazole rings is 1. The zero-order valence-corrected chi connectivity index (χ0v) is 14.2. The van der Waals surface area contributed by atoms with Crippen molar-refractivity contribution in [1.82, 2.24) is 19.9 Å². The highest BCUT2D eigenvalue weighted by Gasteiger charge is 2.40. The fraction of sp³-hybridized carbons (Fsp3) is 0.263. The summed E-state index contributed by atoms with van der Waals surface area (Å²) in [4.78, 5) is 37.7. The minimum atomic E-state index is -0.887. The van der Waals surface area contributed by atoms with Crippen LogP contribution < -0.4 is 0 Å². The Balaban J connectivity index is 1.62. The third kappa shape index (κ3) is 2.81. The van der Waals surface area contributed by atoms with E-state index < -0.39 is 11.9 Å². The van der Waals surface area contributed by atoms with Crippen LogP contribution in [0.3, 0.4) is 0 Å². The second-order valence-electron chi connectivity index (χ2n) is 6.60. The number of carbonyl (C=O) groups excluding carboxylic acids is 1. The molecule has 0 radical (unpaired) electrons. The van der Waals surface area contributed by atoms with Gasteiger partial charge in [0, 0.05) is 37.0 Å². The van der Waals surface area contributed by atoms with Gasteiger partial charge in [0.1, 0.15) is 5.82 Å². The lowest BCUT2D eigenvalue weighted by Gasteiger charge is -2.16. The topological polar surface area (TPSA) is 99.2 Å². The average Bonchev–Trinajstić information content (AvgIpc) is 3.24. The number of nitrogens with zero attached hydrogens (tertiary/aromatic N) is 3. The van der Waals surface area contributed by atoms with E-state index >= 15 is 0 Å². The number of pyridine rings is 1. The van der Waals surface area contributed by atoms with Crippen LogP contribution in [0.2, 0.25) is 0 Å². The number of rotatable bonds is 3. The Morgan fingerprint density at radius 3 is 2.69 bits per heavy atom. The van der Waals surface area contributed by atoms with Gasteiger partial charge in [0.15, 0.2) is 0 Å². The first-order valence-corrected chi connectivity index (χ1v) is 8.41. The Morgan fingerprint density at radius 1 is 1.19 bits per heavy atom. The summed E-state index contributed by atoms with van der Waals surface area (Å²) in [6.45, 7) is 2.43. The number of nitrogens with one attached hydrogen (secondary N) is 1. The van der Waals surface area contributed by atoms with Crippen molar-refractivity contribution in [3.8, 4) is 0 Å². The summed E-state index contributed by atoms with van der Waals surface area (Å²) in [5.41, 5.74) is 3.02. The molecule has 0 spiro atoms. The van der Waals surface area contributed by atoms with E-state index in [-0.39, 0.29) is 18.4 Å². The number of likely N-dealkylation sites (tertiary alicyclic amines) is 1. The summed E-state index contributed by atoms with van der Waals surface area (Å²) in [5.74, 6) is -1.13. The van der Waals surface area contributed by atoms with Crippen molar-refractivity contribution in [3.05, 3.63) is 59.7 Å². The smallest absolute Gasteiger partial charge is 0.308 e. The monoisotopic (exact) mass is 350 g/mol. The number of aliphatic carboxylic acids is 1. The molecule has 0 saturated carbocycles. The molecule has 1 fully saturated rings. The second kappa shape index (κ2) is 6.25. The molecular weight excluding hydrogens is 332 g/mol. The molecule has 0 bridgehead atoms. The van der Waals surface area contributed by atoms with Gasteiger partial charge in [-0.3, -0.25) is 14.6 Å². The molecule has 1 amide bonds. The third-order valence-corrected chi connectivity index (χ3v) is 4.91. The fourth-order valence-corrected chi connectivity index (χ4v) is 3.62. The highest BCUT2D eigenvalue weighted by atomic mass is 16.4. The fourth-order valence-electron chi connectivity index (χ4n) is 3.62. The van der Waals surface area contributed by atoms with Gasteiger partial charge >= 0.3 is 5.97 Å². The van der Waals surface area contributed by atoms with E-state index in [2.05, 4.69) is 15.0 Å². The van der Waals surface area contributed by atoms with Crippen LogP contribution in [-0.4, -0.2) is 49.9 Å². The van der Waals surface area contributed by atoms with Crippen LogP contribution in [0.5, 0.6) is 0 Å². The lowest BCUT2D eigenvalue weighted by molar-refractivity contribution is -0.141. The number of fused-ring (bicyclic) bond motifs is 1. The van der Waals surface area contributed by atoms with Crippen molar-refractivity contribution in [2.24, 2.45) is 5.92 Å². The molecule has 3 aromatic rings. The van der Waals surface area contributed by atoms with Crippen molar-refractivity contribution < 1.29 is 14.7 Å². The number of hydrogen-bond acceptors (Lipinski definition) is 4. The van der Waals surface area contributed by atoms with E-state index in [1.165, 1.54) is 0 Å². The molecule has 2 atom stereocenters. The number of carboxylic acids is 1. The van der Waals surface area contributed by atoms with Crippen LogP contribution in [0.15, 0.2) is 42.7 Å². The molecule has 1 saturated heterocycles. The SMILES string of the molecule is Cc1nc2ccc(C(=O)N3C[C@H](C(=O)O)[C@@H](c4ccncc4)C3)cc2[nH]1. The first kappa shape index (κ1) is 16.3. The summed E-state index contributed by atoms with van der Waals surface area (Å²) in [5, 5.41) is 9.59. The molecule has 7 heteroatoms. The van der Waals surface area contributed by atoms with E-state index in [0.717, 1.165) is 22.4 Å². The molecule has 2 aromatic heterocycles. The summed E-state index contributed by atoms with van der Waals surface area (Å²) in [6.07, 6.45) is 3.29. The van der Waals surface area contributed by atoms with E-state index in [1.807, 2.05) is 19.1 Å². The summed E-state index contributed by atoms with van der Waals surface area (Å²) < 4.78 is 0. The number of amides is 1. The van der Waals surface area contributed by atoms with E-state index in [9.17, 15) is 14.7 Å². The van der Waals surface area contributed by atoms with Crippen molar-refractivity contribution in [3.63, 3.8) is 0 Å². The molecule has 0 aliphatic carbocycles. The molecule has 3 heterocycles. The maximum Gasteiger partial charge on any atom is 0.308 e. The van der Waals surface area contributed by atoms with Crippen LogP contribution in [0.4, 0.5) is 0 Å². The van der Waals surface area contributed by atoms with Gasteiger partial charge in [-0.1, -0.05) is 0 Å². The zero-order valence-electron chi connectivity index (χ0n) is 14.2. The highest BCUT2D eigenvalue weighted by Crippen LogP contribution is 2.33. The van der Waals surface area contributed by atoms with Gasteiger partial charge in [-0.15, -0.1) is 0 Å². The first-order chi connectivity index (χ1) is 12.5. The number of aryl methyl sites for hydroxylation is 1.